The van der Waals surface area contributed by atoms with Gasteiger partial charge < -0.3 is 15.8 Å². The number of carbonyl (C=O) groups excluding carboxylic acids is 1. The highest BCUT2D eigenvalue weighted by Crippen LogP contribution is 2.59. The lowest BCUT2D eigenvalue weighted by Gasteiger charge is -2.54. The van der Waals surface area contributed by atoms with Gasteiger partial charge in [-0.15, -0.1) is 0 Å². The van der Waals surface area contributed by atoms with Crippen LogP contribution >= 0.6 is 11.8 Å². The van der Waals surface area contributed by atoms with E-state index in [0.717, 1.165) is 17.8 Å². The highest BCUT2D eigenvalue weighted by Gasteiger charge is 2.68. The lowest BCUT2D eigenvalue weighted by molar-refractivity contribution is -0.141. The predicted octanol–water partition coefficient (Wildman–Crippen LogP) is 3.49. The molecule has 4 rings (SSSR count). The maximum absolute atomic E-state index is 14.6. The van der Waals surface area contributed by atoms with Crippen molar-refractivity contribution < 1.29 is 27.1 Å². The first kappa shape index (κ1) is 20.5. The minimum atomic E-state index is -3.08. The van der Waals surface area contributed by atoms with Crippen molar-refractivity contribution >= 4 is 28.5 Å². The second-order valence-electron chi connectivity index (χ2n) is 7.03. The van der Waals surface area contributed by atoms with E-state index in [0.29, 0.717) is 0 Å². The first-order valence-electron chi connectivity index (χ1n) is 8.85. The third-order valence-corrected chi connectivity index (χ3v) is 6.22. The second-order valence-corrected chi connectivity index (χ2v) is 8.03. The average molecular weight is 440 g/mol. The van der Waals surface area contributed by atoms with Gasteiger partial charge in [-0.1, -0.05) is 11.8 Å². The van der Waals surface area contributed by atoms with Crippen molar-refractivity contribution in [1.29, 1.82) is 0 Å². The summed E-state index contributed by atoms with van der Waals surface area (Å²) in [5.74, 6) is -4.02. The van der Waals surface area contributed by atoms with E-state index in [1.54, 1.807) is 0 Å². The van der Waals surface area contributed by atoms with Crippen LogP contribution in [0.4, 0.5) is 23.2 Å². The Bertz CT molecular complexity index is 1020. The van der Waals surface area contributed by atoms with Gasteiger partial charge in [-0.05, 0) is 35.9 Å². The van der Waals surface area contributed by atoms with Gasteiger partial charge in [-0.25, -0.2) is 22.5 Å². The van der Waals surface area contributed by atoms with Gasteiger partial charge in [0.2, 0.25) is 6.86 Å². The third-order valence-electron chi connectivity index (χ3n) is 5.16. The third kappa shape index (κ3) is 3.47. The minimum absolute atomic E-state index is 0.0175. The smallest absolute Gasteiger partial charge is 0.274 e. The van der Waals surface area contributed by atoms with Gasteiger partial charge in [-0.2, -0.15) is 0 Å². The van der Waals surface area contributed by atoms with E-state index in [1.165, 1.54) is 30.5 Å². The van der Waals surface area contributed by atoms with Crippen molar-refractivity contribution in [1.82, 2.24) is 4.98 Å². The van der Waals surface area contributed by atoms with E-state index < -0.39 is 42.4 Å². The van der Waals surface area contributed by atoms with Gasteiger partial charge in [0.25, 0.3) is 11.8 Å². The molecule has 1 aliphatic carbocycles. The topological polar surface area (TPSA) is 89.6 Å². The molecular weight excluding hydrogens is 424 g/mol. The number of aromatic nitrogens is 1. The fraction of sp³-hybridized carbons (Fsp3) is 0.316. The van der Waals surface area contributed by atoms with Crippen LogP contribution in [0.3, 0.4) is 0 Å². The zero-order chi connectivity index (χ0) is 21.5. The van der Waals surface area contributed by atoms with E-state index in [9.17, 15) is 22.4 Å². The molecule has 0 saturated heterocycles. The van der Waals surface area contributed by atoms with Gasteiger partial charge >= 0.3 is 0 Å². The predicted molar refractivity (Wildman–Crippen MR) is 104 cm³/mol. The number of anilines is 1. The van der Waals surface area contributed by atoms with Crippen molar-refractivity contribution in [2.75, 3.05) is 17.9 Å². The summed E-state index contributed by atoms with van der Waals surface area (Å²) in [6, 6.07) is 5.04. The molecule has 3 N–H and O–H groups in total. The number of nitrogens with one attached hydrogen (secondary N) is 1. The van der Waals surface area contributed by atoms with Crippen molar-refractivity contribution in [3.05, 3.63) is 53.6 Å². The van der Waals surface area contributed by atoms with Gasteiger partial charge in [0.15, 0.2) is 5.17 Å². The zero-order valence-corrected chi connectivity index (χ0v) is 16.2. The first-order valence-corrected chi connectivity index (χ1v) is 9.84. The van der Waals surface area contributed by atoms with E-state index in [1.807, 2.05) is 0 Å². The average Bonchev–Trinajstić information content (AvgIpc) is 2.71. The fourth-order valence-electron chi connectivity index (χ4n) is 3.77. The zero-order valence-electron chi connectivity index (χ0n) is 15.4. The number of alkyl halides is 3. The largest absolute Gasteiger partial charge is 0.461 e. The Balaban J connectivity index is 1.59. The Morgan fingerprint density at radius 1 is 1.33 bits per heavy atom. The standard InChI is InChI=1S/C19H16F4N4O2S/c20-9-29-11-2-4-14(25-6-11)15(28)26-10-1-3-13(21)12(5-10)18-7-19(22,23)16(18)27-17(24)30-8-18/h1-6,16H,7-9H2,(H2,24,27)(H,26,28). The summed E-state index contributed by atoms with van der Waals surface area (Å²) < 4.78 is 59.7. The van der Waals surface area contributed by atoms with Crippen LogP contribution in [0.1, 0.15) is 22.5 Å². The number of fused-ring (bicyclic) bond motifs is 1. The highest BCUT2D eigenvalue weighted by molar-refractivity contribution is 8.13. The highest BCUT2D eigenvalue weighted by atomic mass is 32.2. The van der Waals surface area contributed by atoms with Crippen molar-refractivity contribution in [2.45, 2.75) is 23.8 Å². The van der Waals surface area contributed by atoms with E-state index in [-0.39, 0.29) is 33.6 Å². The van der Waals surface area contributed by atoms with Crippen LogP contribution < -0.4 is 15.8 Å². The number of amides is 1. The number of nitrogens with two attached hydrogens (primary N) is 1. The molecule has 6 nitrogen and oxygen atoms in total. The maximum atomic E-state index is 14.6. The van der Waals surface area contributed by atoms with E-state index >= 15 is 0 Å². The Labute approximate surface area is 172 Å². The summed E-state index contributed by atoms with van der Waals surface area (Å²) in [5, 5.41) is 2.61. The number of carbonyl (C=O) groups is 1. The van der Waals surface area contributed by atoms with Crippen molar-refractivity contribution in [3.63, 3.8) is 0 Å². The molecular formula is C19H16F4N4O2S. The molecule has 2 aromatic rings. The van der Waals surface area contributed by atoms with E-state index in [4.69, 9.17) is 5.73 Å². The van der Waals surface area contributed by atoms with Crippen LogP contribution in [-0.2, 0) is 5.41 Å². The summed E-state index contributed by atoms with van der Waals surface area (Å²) in [6.07, 6.45) is 0.632. The number of benzene rings is 1. The minimum Gasteiger partial charge on any atom is -0.461 e. The molecule has 2 unspecified atom stereocenters. The Kier molecular flexibility index (Phi) is 5.08. The summed E-state index contributed by atoms with van der Waals surface area (Å²) in [6.45, 7) is -1.03. The number of nitrogens with zero attached hydrogens (tertiary/aromatic N) is 2. The number of ether oxygens (including phenoxy) is 1. The molecule has 1 amide bonds. The maximum Gasteiger partial charge on any atom is 0.274 e. The molecule has 2 atom stereocenters. The fourth-order valence-corrected chi connectivity index (χ4v) is 4.77. The number of pyridine rings is 1. The molecule has 2 aliphatic rings. The number of hydrogen-bond donors (Lipinski definition) is 2. The molecule has 1 aromatic heterocycles. The molecule has 158 valence electrons. The van der Waals surface area contributed by atoms with E-state index in [2.05, 4.69) is 20.0 Å². The molecule has 2 heterocycles. The molecule has 0 spiro atoms. The molecule has 1 aromatic carbocycles. The van der Waals surface area contributed by atoms with Crippen LogP contribution in [0, 0.1) is 5.82 Å². The summed E-state index contributed by atoms with van der Waals surface area (Å²) in [5.41, 5.74) is 4.69. The molecule has 30 heavy (non-hydrogen) atoms. The van der Waals surface area contributed by atoms with Crippen LogP contribution in [0.15, 0.2) is 41.5 Å². The summed E-state index contributed by atoms with van der Waals surface area (Å²) >= 11 is 1.10. The van der Waals surface area contributed by atoms with Gasteiger partial charge in [-0.3, -0.25) is 9.79 Å². The Hall–Kier alpha value is -2.82. The number of halogens is 4. The SMILES string of the molecule is NC1=NC2C(F)(F)CC2(c2cc(NC(=O)c3ccc(OCF)cn3)ccc2F)CS1. The monoisotopic (exact) mass is 440 g/mol. The lowest BCUT2D eigenvalue weighted by atomic mass is 9.59. The first-order chi connectivity index (χ1) is 14.2. The number of amidine groups is 1. The van der Waals surface area contributed by atoms with Crippen LogP contribution in [-0.4, -0.2) is 40.6 Å². The van der Waals surface area contributed by atoms with Gasteiger partial charge in [0, 0.05) is 23.3 Å². The number of aliphatic imine (C=N–C) groups is 1. The lowest BCUT2D eigenvalue weighted by Crippen LogP contribution is -2.66. The second kappa shape index (κ2) is 7.46. The number of hydrogen-bond acceptors (Lipinski definition) is 6. The Morgan fingerprint density at radius 2 is 2.13 bits per heavy atom. The van der Waals surface area contributed by atoms with Gasteiger partial charge in [0.1, 0.15) is 23.3 Å². The number of thioether (sulfide) groups is 1. The van der Waals surface area contributed by atoms with Gasteiger partial charge in [0.05, 0.1) is 6.20 Å². The van der Waals surface area contributed by atoms with Crippen molar-refractivity contribution in [2.24, 2.45) is 10.7 Å². The van der Waals surface area contributed by atoms with Crippen molar-refractivity contribution in [3.8, 4) is 5.75 Å². The van der Waals surface area contributed by atoms with Crippen LogP contribution in [0.5, 0.6) is 5.75 Å². The molecule has 1 aliphatic heterocycles. The quantitative estimate of drug-likeness (QED) is 0.695. The molecule has 11 heteroatoms. The molecule has 0 radical (unpaired) electrons. The summed E-state index contributed by atoms with van der Waals surface area (Å²) in [4.78, 5) is 20.2. The summed E-state index contributed by atoms with van der Waals surface area (Å²) in [7, 11) is 0. The van der Waals surface area contributed by atoms with Crippen LogP contribution in [0.25, 0.3) is 0 Å². The normalized spacial score (nSPS) is 24.3. The molecule has 0 bridgehead atoms. The molecule has 1 saturated carbocycles. The number of rotatable bonds is 5. The Morgan fingerprint density at radius 3 is 2.80 bits per heavy atom. The van der Waals surface area contributed by atoms with Crippen LogP contribution in [0.2, 0.25) is 0 Å². The molecule has 1 fully saturated rings.